The first-order valence-electron chi connectivity index (χ1n) is 19.7. The van der Waals surface area contributed by atoms with Crippen molar-refractivity contribution in [2.24, 2.45) is 0 Å². The van der Waals surface area contributed by atoms with Gasteiger partial charge in [-0.2, -0.15) is 0 Å². The summed E-state index contributed by atoms with van der Waals surface area (Å²) in [5.74, 6) is 0. The van der Waals surface area contributed by atoms with Crippen LogP contribution in [0.15, 0.2) is 0 Å². The molecule has 0 aromatic carbocycles. The molecular weight excluding hydrogens is 764 g/mol. The molecule has 13 heteroatoms. The van der Waals surface area contributed by atoms with Crippen molar-refractivity contribution in [1.82, 2.24) is 0 Å². The van der Waals surface area contributed by atoms with Crippen LogP contribution in [0.5, 0.6) is 0 Å². The van der Waals surface area contributed by atoms with Crippen LogP contribution in [0.1, 0.15) is 27.7 Å². The van der Waals surface area contributed by atoms with Crippen LogP contribution >= 0.6 is 0 Å². The van der Waals surface area contributed by atoms with Gasteiger partial charge in [0.2, 0.25) is 0 Å². The van der Waals surface area contributed by atoms with Gasteiger partial charge in [0.1, 0.15) is 0 Å². The Bertz CT molecular complexity index is 1010. The monoisotopic (exact) mass is 855 g/mol. The summed E-state index contributed by atoms with van der Waals surface area (Å²) in [7, 11) is -15.7. The third kappa shape index (κ3) is 8.18. The Morgan fingerprint density at radius 1 is 0.438 bits per heavy atom. The number of hydrogen-bond acceptors (Lipinski definition) is 0. The fourth-order valence-corrected chi connectivity index (χ4v) is 267. The van der Waals surface area contributed by atoms with E-state index in [1.165, 1.54) is 13.3 Å². The van der Waals surface area contributed by atoms with Gasteiger partial charge in [-0.15, -0.1) is 21.2 Å². The predicted molar refractivity (Wildman–Crippen MR) is 260 cm³/mol. The molecule has 0 nitrogen and oxygen atoms in total. The second kappa shape index (κ2) is 14.6. The second-order valence-electron chi connectivity index (χ2n) is 26.1. The van der Waals surface area contributed by atoms with Crippen molar-refractivity contribution in [1.29, 1.82) is 0 Å². The van der Waals surface area contributed by atoms with Gasteiger partial charge in [0.05, 0.1) is 0 Å². The first kappa shape index (κ1) is 51.2. The quantitative estimate of drug-likeness (QED) is 0.144. The molecule has 1 rings (SSSR count). The minimum atomic E-state index is -1.85. The molecule has 2 unspecified atom stereocenters. The standard InChI is InChI=1S/C35H92Si12.Li/c1-30(2)46(32(37(5,6)7)38(8,9)10,33(39(11,12)13)40(14,15)16)36-45(29)35(43(23,24)25,44(26,27)28)47(45,31(3)4)34(41(17,18)19)42(20,21)22;/h30-34H,1-29H3;/q-1;+1. The predicted octanol–water partition coefficient (Wildman–Crippen LogP) is 11.0. The van der Waals surface area contributed by atoms with Crippen LogP contribution in [-0.4, -0.2) is 95.4 Å². The van der Waals surface area contributed by atoms with Gasteiger partial charge in [-0.1, -0.05) is 214 Å². The molecule has 0 N–H and O–H groups in total. The van der Waals surface area contributed by atoms with Crippen LogP contribution in [0.25, 0.3) is 0 Å². The van der Waals surface area contributed by atoms with E-state index in [4.69, 9.17) is 0 Å². The molecule has 2 atom stereocenters. The van der Waals surface area contributed by atoms with Crippen molar-refractivity contribution in [2.45, 2.75) is 221 Å². The summed E-state index contributed by atoms with van der Waals surface area (Å²) in [6.45, 7) is 84.5. The fourth-order valence-electron chi connectivity index (χ4n) is 16.4. The second-order valence-corrected chi connectivity index (χ2v) is 104. The van der Waals surface area contributed by atoms with Crippen LogP contribution in [0.2, 0.25) is 193 Å². The van der Waals surface area contributed by atoms with Crippen molar-refractivity contribution in [3.63, 3.8) is 0 Å². The van der Waals surface area contributed by atoms with Crippen molar-refractivity contribution in [3.05, 3.63) is 0 Å². The van der Waals surface area contributed by atoms with E-state index < -0.39 is 86.9 Å². The number of rotatable bonds is 15. The Balaban J connectivity index is 0.0000221. The van der Waals surface area contributed by atoms with Gasteiger partial charge < -0.3 is 8.55 Å². The molecule has 1 heterocycles. The molecule has 1 fully saturated rings. The maximum absolute atomic E-state index is 3.28. The number of hydrogen-bond donors (Lipinski definition) is 0. The zero-order valence-electron chi connectivity index (χ0n) is 39.4. The topological polar surface area (TPSA) is 0 Å². The molecule has 1 aliphatic heterocycles. The summed E-state index contributed by atoms with van der Waals surface area (Å²) >= 11 is 0. The normalized spacial score (nSPS) is 23.9. The molecule has 0 aliphatic carbocycles. The van der Waals surface area contributed by atoms with Crippen molar-refractivity contribution in [3.8, 4) is 0 Å². The maximum Gasteiger partial charge on any atom is 1.00 e. The van der Waals surface area contributed by atoms with E-state index in [9.17, 15) is 0 Å². The summed E-state index contributed by atoms with van der Waals surface area (Å²) in [4.78, 5) is 3.43. The molecule has 48 heavy (non-hydrogen) atoms. The van der Waals surface area contributed by atoms with Gasteiger partial charge in [0.15, 0.2) is 0 Å². The van der Waals surface area contributed by atoms with Crippen molar-refractivity contribution >= 4 is 95.4 Å². The summed E-state index contributed by atoms with van der Waals surface area (Å²) in [6.07, 6.45) is 0. The third-order valence-electron chi connectivity index (χ3n) is 13.3. The Morgan fingerprint density at radius 3 is 0.833 bits per heavy atom. The maximum atomic E-state index is 3.28. The molecule has 281 valence electrons. The average molecular weight is 857 g/mol. The zero-order valence-corrected chi connectivity index (χ0v) is 51.4. The molecule has 0 bridgehead atoms. The minimum absolute atomic E-state index is 0. The minimum Gasteiger partial charge on any atom is -0.428 e. The van der Waals surface area contributed by atoms with Crippen molar-refractivity contribution < 1.29 is 18.9 Å². The van der Waals surface area contributed by atoms with Crippen LogP contribution in [-0.2, 0) is 0 Å². The summed E-state index contributed by atoms with van der Waals surface area (Å²) in [5.41, 5.74) is 1.89. The average Bonchev–Trinajstić information content (AvgIpc) is 3.15. The molecule has 0 saturated carbocycles. The van der Waals surface area contributed by atoms with Crippen LogP contribution in [0.4, 0.5) is 0 Å². The Labute approximate surface area is 332 Å². The van der Waals surface area contributed by atoms with E-state index in [-0.39, 0.29) is 18.9 Å². The van der Waals surface area contributed by atoms with E-state index in [1.54, 1.807) is 0 Å². The van der Waals surface area contributed by atoms with E-state index in [0.717, 1.165) is 24.6 Å². The molecule has 1 radical (unpaired) electrons. The Hall–Kier alpha value is 3.20. The Kier molecular flexibility index (Phi) is 15.6. The van der Waals surface area contributed by atoms with Gasteiger partial charge in [-0.25, -0.2) is 0 Å². The van der Waals surface area contributed by atoms with Crippen LogP contribution < -0.4 is 18.9 Å². The SMILES string of the molecule is CC(C)[Si]([Si-][Si]1(C)C([Si](C)(C)C)([Si](C)(C)C)[Si]1(C(C)C)C([Si](C)(C)C)[Si](C)(C)C)(C([Si](C)(C)C)[Si](C)(C)C)C([Si](C)(C)C)[Si](C)(C)C.[Li+]. The van der Waals surface area contributed by atoms with E-state index in [2.05, 4.69) is 191 Å². The largest absolute Gasteiger partial charge is 1.00 e. The Morgan fingerprint density at radius 2 is 0.688 bits per heavy atom. The fraction of sp³-hybridized carbons (Fsp3) is 1.00. The van der Waals surface area contributed by atoms with Gasteiger partial charge in [-0.3, -0.25) is 0 Å². The van der Waals surface area contributed by atoms with Crippen LogP contribution in [0.3, 0.4) is 0 Å². The summed E-state index contributed by atoms with van der Waals surface area (Å²) < 4.78 is 0.845. The molecule has 1 aliphatic rings. The molecule has 0 aromatic heterocycles. The van der Waals surface area contributed by atoms with Gasteiger partial charge >= 0.3 is 18.9 Å². The third-order valence-corrected chi connectivity index (χ3v) is 143. The van der Waals surface area contributed by atoms with Gasteiger partial charge in [-0.05, 0) is 0 Å². The van der Waals surface area contributed by atoms with Crippen LogP contribution in [0, 0.1) is 0 Å². The summed E-state index contributed by atoms with van der Waals surface area (Å²) in [6, 6.07) is 0. The molecule has 0 spiro atoms. The van der Waals surface area contributed by atoms with E-state index in [1.807, 2.05) is 0 Å². The molecule has 1 saturated heterocycles. The zero-order chi connectivity index (χ0) is 38.6. The molecular formula is C35H92LiSi12. The smallest absolute Gasteiger partial charge is 0.428 e. The van der Waals surface area contributed by atoms with Gasteiger partial charge in [0, 0.05) is 72.2 Å². The van der Waals surface area contributed by atoms with Gasteiger partial charge in [0.25, 0.3) is 0 Å². The van der Waals surface area contributed by atoms with E-state index in [0.29, 0.717) is 0 Å². The summed E-state index contributed by atoms with van der Waals surface area (Å²) in [5, 5.41) is 0. The van der Waals surface area contributed by atoms with Crippen molar-refractivity contribution in [2.75, 3.05) is 0 Å². The molecule has 0 amide bonds. The molecule has 0 aromatic rings. The first-order chi connectivity index (χ1) is 19.9. The first-order valence-corrected chi connectivity index (χ1v) is 59.1. The van der Waals surface area contributed by atoms with E-state index >= 15 is 0 Å².